The summed E-state index contributed by atoms with van der Waals surface area (Å²) in [6, 6.07) is 0.752. The first kappa shape index (κ1) is 14.2. The second-order valence-corrected chi connectivity index (χ2v) is 6.99. The quantitative estimate of drug-likeness (QED) is 0.764. The van der Waals surface area contributed by atoms with Gasteiger partial charge in [0.1, 0.15) is 0 Å². The van der Waals surface area contributed by atoms with E-state index in [1.807, 2.05) is 0 Å². The molecule has 1 aliphatic heterocycles. The Labute approximate surface area is 122 Å². The Kier molecular flexibility index (Phi) is 4.49. The van der Waals surface area contributed by atoms with Crippen molar-refractivity contribution in [2.24, 2.45) is 11.8 Å². The van der Waals surface area contributed by atoms with Crippen LogP contribution in [0.25, 0.3) is 0 Å². The van der Waals surface area contributed by atoms with E-state index in [2.05, 4.69) is 17.6 Å². The maximum absolute atomic E-state index is 12.1. The van der Waals surface area contributed by atoms with E-state index in [0.29, 0.717) is 24.1 Å². The number of hydrogen-bond donors (Lipinski definition) is 2. The molecule has 0 spiro atoms. The molecule has 5 unspecified atom stereocenters. The zero-order valence-electron chi connectivity index (χ0n) is 12.6. The van der Waals surface area contributed by atoms with E-state index in [1.54, 1.807) is 0 Å². The first-order chi connectivity index (χ1) is 9.72. The average Bonchev–Trinajstić information content (AvgIpc) is 2.61. The highest BCUT2D eigenvalue weighted by molar-refractivity contribution is 5.74. The maximum atomic E-state index is 12.1. The van der Waals surface area contributed by atoms with E-state index in [1.165, 1.54) is 25.7 Å². The van der Waals surface area contributed by atoms with Gasteiger partial charge in [-0.2, -0.15) is 0 Å². The second kappa shape index (κ2) is 6.33. The van der Waals surface area contributed by atoms with Crippen LogP contribution >= 0.6 is 0 Å². The summed E-state index contributed by atoms with van der Waals surface area (Å²) in [6.07, 6.45) is 9.82. The maximum Gasteiger partial charge on any atom is 0.315 e. The van der Waals surface area contributed by atoms with Crippen LogP contribution in [-0.4, -0.2) is 30.8 Å². The molecule has 2 saturated carbocycles. The third-order valence-corrected chi connectivity index (χ3v) is 5.40. The molecule has 5 atom stereocenters. The second-order valence-electron chi connectivity index (χ2n) is 6.99. The summed E-state index contributed by atoms with van der Waals surface area (Å²) >= 11 is 0. The number of hydrogen-bond acceptors (Lipinski definition) is 2. The summed E-state index contributed by atoms with van der Waals surface area (Å²) in [5, 5.41) is 6.35. The van der Waals surface area contributed by atoms with Gasteiger partial charge in [-0.05, 0) is 44.4 Å². The Hall–Kier alpha value is -0.770. The van der Waals surface area contributed by atoms with E-state index < -0.39 is 0 Å². The first-order valence-corrected chi connectivity index (χ1v) is 8.41. The fourth-order valence-corrected chi connectivity index (χ4v) is 3.99. The van der Waals surface area contributed by atoms with Gasteiger partial charge in [0.05, 0.1) is 6.10 Å². The standard InChI is InChI=1S/C16H28N2O2/c1-11-4-2-5-12(8-7-11)17-16(19)18-14-10-15-13(14)6-3-9-20-15/h11-15H,2-10H2,1H3,(H2,17,18,19). The van der Waals surface area contributed by atoms with Gasteiger partial charge in [0.15, 0.2) is 0 Å². The topological polar surface area (TPSA) is 50.4 Å². The van der Waals surface area contributed by atoms with E-state index >= 15 is 0 Å². The van der Waals surface area contributed by atoms with Crippen molar-refractivity contribution < 1.29 is 9.53 Å². The Morgan fingerprint density at radius 1 is 1.05 bits per heavy atom. The van der Waals surface area contributed by atoms with E-state index in [9.17, 15) is 4.79 Å². The Morgan fingerprint density at radius 3 is 2.80 bits per heavy atom. The van der Waals surface area contributed by atoms with Gasteiger partial charge in [0, 0.05) is 24.6 Å². The zero-order valence-corrected chi connectivity index (χ0v) is 12.6. The molecular formula is C16H28N2O2. The molecule has 2 amide bonds. The van der Waals surface area contributed by atoms with Gasteiger partial charge in [0.25, 0.3) is 0 Å². The van der Waals surface area contributed by atoms with E-state index in [-0.39, 0.29) is 6.03 Å². The predicted molar refractivity (Wildman–Crippen MR) is 78.6 cm³/mol. The minimum atomic E-state index is 0.0403. The molecule has 1 saturated heterocycles. The van der Waals surface area contributed by atoms with Crippen LogP contribution in [0.15, 0.2) is 0 Å². The lowest BCUT2D eigenvalue weighted by Crippen LogP contribution is -2.60. The molecule has 3 fully saturated rings. The lowest BCUT2D eigenvalue weighted by atomic mass is 9.72. The van der Waals surface area contributed by atoms with Crippen LogP contribution in [0, 0.1) is 11.8 Å². The van der Waals surface area contributed by atoms with E-state index in [0.717, 1.165) is 38.2 Å². The monoisotopic (exact) mass is 280 g/mol. The van der Waals surface area contributed by atoms with Crippen molar-refractivity contribution in [2.75, 3.05) is 6.61 Å². The van der Waals surface area contributed by atoms with Crippen molar-refractivity contribution in [3.05, 3.63) is 0 Å². The summed E-state index contributed by atoms with van der Waals surface area (Å²) in [6.45, 7) is 3.22. The molecule has 1 heterocycles. The summed E-state index contributed by atoms with van der Waals surface area (Å²) in [4.78, 5) is 12.1. The molecule has 114 valence electrons. The molecule has 2 aliphatic carbocycles. The molecule has 4 nitrogen and oxygen atoms in total. The highest BCUT2D eigenvalue weighted by Crippen LogP contribution is 2.37. The smallest absolute Gasteiger partial charge is 0.315 e. The van der Waals surface area contributed by atoms with Crippen molar-refractivity contribution in [2.45, 2.75) is 76.5 Å². The Balaban J connectivity index is 1.41. The number of urea groups is 1. The van der Waals surface area contributed by atoms with Crippen LogP contribution in [-0.2, 0) is 4.74 Å². The average molecular weight is 280 g/mol. The third-order valence-electron chi connectivity index (χ3n) is 5.40. The van der Waals surface area contributed by atoms with Crippen LogP contribution < -0.4 is 10.6 Å². The molecule has 0 aromatic carbocycles. The Bertz CT molecular complexity index is 339. The number of carbonyl (C=O) groups is 1. The van der Waals surface area contributed by atoms with Crippen LogP contribution in [0.3, 0.4) is 0 Å². The number of carbonyl (C=O) groups excluding carboxylic acids is 1. The molecule has 20 heavy (non-hydrogen) atoms. The molecule has 0 bridgehead atoms. The van der Waals surface area contributed by atoms with Crippen molar-refractivity contribution in [1.82, 2.24) is 10.6 Å². The number of fused-ring (bicyclic) bond motifs is 1. The molecule has 0 aromatic rings. The molecule has 4 heteroatoms. The number of ether oxygens (including phenoxy) is 1. The van der Waals surface area contributed by atoms with Gasteiger partial charge in [-0.3, -0.25) is 0 Å². The van der Waals surface area contributed by atoms with Crippen molar-refractivity contribution in [1.29, 1.82) is 0 Å². The van der Waals surface area contributed by atoms with Gasteiger partial charge in [0.2, 0.25) is 0 Å². The minimum Gasteiger partial charge on any atom is -0.378 e. The summed E-state index contributed by atoms with van der Waals surface area (Å²) in [7, 11) is 0. The summed E-state index contributed by atoms with van der Waals surface area (Å²) in [5.41, 5.74) is 0. The predicted octanol–water partition coefficient (Wildman–Crippen LogP) is 2.82. The SMILES string of the molecule is CC1CCCC(NC(=O)NC2CC3OCCCC23)CC1. The van der Waals surface area contributed by atoms with Gasteiger partial charge < -0.3 is 15.4 Å². The zero-order chi connectivity index (χ0) is 13.9. The first-order valence-electron chi connectivity index (χ1n) is 8.41. The van der Waals surface area contributed by atoms with Crippen LogP contribution in [0.1, 0.15) is 58.3 Å². The largest absolute Gasteiger partial charge is 0.378 e. The van der Waals surface area contributed by atoms with Gasteiger partial charge in [-0.25, -0.2) is 4.79 Å². The fraction of sp³-hybridized carbons (Fsp3) is 0.938. The Morgan fingerprint density at radius 2 is 1.95 bits per heavy atom. The van der Waals surface area contributed by atoms with Crippen LogP contribution in [0.5, 0.6) is 0 Å². The van der Waals surface area contributed by atoms with Gasteiger partial charge in [-0.1, -0.05) is 19.8 Å². The molecule has 0 aromatic heterocycles. The van der Waals surface area contributed by atoms with Gasteiger partial charge >= 0.3 is 6.03 Å². The highest BCUT2D eigenvalue weighted by atomic mass is 16.5. The fourth-order valence-electron chi connectivity index (χ4n) is 3.99. The summed E-state index contributed by atoms with van der Waals surface area (Å²) < 4.78 is 5.70. The number of amides is 2. The molecule has 3 aliphatic rings. The molecule has 3 rings (SSSR count). The lowest BCUT2D eigenvalue weighted by Gasteiger charge is -2.47. The van der Waals surface area contributed by atoms with Crippen molar-refractivity contribution >= 4 is 6.03 Å². The molecular weight excluding hydrogens is 252 g/mol. The van der Waals surface area contributed by atoms with Crippen molar-refractivity contribution in [3.8, 4) is 0 Å². The van der Waals surface area contributed by atoms with E-state index in [4.69, 9.17) is 4.74 Å². The minimum absolute atomic E-state index is 0.0403. The molecule has 0 radical (unpaired) electrons. The molecule has 2 N–H and O–H groups in total. The van der Waals surface area contributed by atoms with Crippen LogP contribution in [0.4, 0.5) is 4.79 Å². The summed E-state index contributed by atoms with van der Waals surface area (Å²) in [5.74, 6) is 1.38. The third kappa shape index (κ3) is 3.27. The number of rotatable bonds is 2. The number of nitrogens with one attached hydrogen (secondary N) is 2. The van der Waals surface area contributed by atoms with Crippen LogP contribution in [0.2, 0.25) is 0 Å². The lowest BCUT2D eigenvalue weighted by molar-refractivity contribution is -0.1000. The van der Waals surface area contributed by atoms with Crippen molar-refractivity contribution in [3.63, 3.8) is 0 Å². The normalized spacial score (nSPS) is 41.0. The highest BCUT2D eigenvalue weighted by Gasteiger charge is 2.44. The van der Waals surface area contributed by atoms with Gasteiger partial charge in [-0.15, -0.1) is 0 Å².